The van der Waals surface area contributed by atoms with E-state index in [9.17, 15) is 0 Å². The van der Waals surface area contributed by atoms with E-state index < -0.39 is 0 Å². The number of thiophene rings is 1. The molecule has 108 valence electrons. The van der Waals surface area contributed by atoms with Crippen molar-refractivity contribution in [3.8, 4) is 0 Å². The Kier molecular flexibility index (Phi) is 3.08. The van der Waals surface area contributed by atoms with E-state index in [-0.39, 0.29) is 0 Å². The first-order valence-electron chi connectivity index (χ1n) is 7.05. The molecule has 0 unspecified atom stereocenters. The third-order valence-electron chi connectivity index (χ3n) is 3.71. The van der Waals surface area contributed by atoms with Gasteiger partial charge in [-0.3, -0.25) is 0 Å². The number of piperazine rings is 1. The summed E-state index contributed by atoms with van der Waals surface area (Å²) in [5.41, 5.74) is 0.996. The Morgan fingerprint density at radius 3 is 2.95 bits per heavy atom. The Bertz CT molecular complexity index is 793. The van der Waals surface area contributed by atoms with E-state index in [2.05, 4.69) is 31.6 Å². The number of aromatic nitrogens is 3. The fourth-order valence-electron chi connectivity index (χ4n) is 2.67. The van der Waals surface area contributed by atoms with Crippen LogP contribution in [0.2, 0.25) is 0 Å². The van der Waals surface area contributed by atoms with E-state index >= 15 is 0 Å². The second-order valence-electron chi connectivity index (χ2n) is 4.99. The Morgan fingerprint density at radius 2 is 2.14 bits per heavy atom. The molecule has 0 atom stereocenters. The molecule has 0 amide bonds. The van der Waals surface area contributed by atoms with E-state index in [0.29, 0.717) is 5.95 Å². The summed E-state index contributed by atoms with van der Waals surface area (Å²) >= 11 is 1.68. The molecule has 0 saturated carbocycles. The van der Waals surface area contributed by atoms with Crippen LogP contribution in [0.15, 0.2) is 18.3 Å². The van der Waals surface area contributed by atoms with Gasteiger partial charge in [-0.2, -0.15) is 4.98 Å². The van der Waals surface area contributed by atoms with Gasteiger partial charge in [0.15, 0.2) is 5.82 Å². The van der Waals surface area contributed by atoms with Gasteiger partial charge in [0.1, 0.15) is 4.83 Å². The molecule has 1 fully saturated rings. The van der Waals surface area contributed by atoms with Gasteiger partial charge in [-0.15, -0.1) is 11.3 Å². The first-order valence-corrected chi connectivity index (χ1v) is 7.87. The molecule has 21 heavy (non-hydrogen) atoms. The van der Waals surface area contributed by atoms with E-state index in [1.165, 1.54) is 0 Å². The molecule has 3 aromatic heterocycles. The van der Waals surface area contributed by atoms with Gasteiger partial charge in [-0.05, 0) is 12.1 Å². The van der Waals surface area contributed by atoms with Crippen molar-refractivity contribution < 1.29 is 0 Å². The zero-order chi connectivity index (χ0) is 14.2. The molecule has 0 spiro atoms. The van der Waals surface area contributed by atoms with Gasteiger partial charge in [0.2, 0.25) is 5.95 Å². The quantitative estimate of drug-likeness (QED) is 0.751. The molecule has 4 heterocycles. The molecule has 1 aliphatic heterocycles. The summed E-state index contributed by atoms with van der Waals surface area (Å²) in [5.74, 6) is 1.69. The minimum atomic E-state index is 0.666. The number of hydrogen-bond acceptors (Lipinski definition) is 7. The molecule has 3 aromatic rings. The normalized spacial score (nSPS) is 15.8. The first kappa shape index (κ1) is 12.7. The highest BCUT2D eigenvalue weighted by Gasteiger charge is 2.20. The van der Waals surface area contributed by atoms with Crippen molar-refractivity contribution in [3.05, 3.63) is 18.3 Å². The number of nitrogens with one attached hydrogen (secondary N) is 2. The molecular formula is C14H16N6S. The van der Waals surface area contributed by atoms with Crippen molar-refractivity contribution in [2.24, 2.45) is 0 Å². The van der Waals surface area contributed by atoms with Gasteiger partial charge >= 0.3 is 0 Å². The van der Waals surface area contributed by atoms with Gasteiger partial charge < -0.3 is 15.5 Å². The highest BCUT2D eigenvalue weighted by molar-refractivity contribution is 7.25. The number of fused-ring (bicyclic) bond motifs is 3. The average molecular weight is 300 g/mol. The molecule has 6 nitrogen and oxygen atoms in total. The molecule has 0 bridgehead atoms. The molecule has 0 aromatic carbocycles. The van der Waals surface area contributed by atoms with Crippen molar-refractivity contribution in [1.82, 2.24) is 20.3 Å². The van der Waals surface area contributed by atoms with E-state index in [4.69, 9.17) is 4.98 Å². The van der Waals surface area contributed by atoms with E-state index in [1.807, 2.05) is 19.3 Å². The maximum Gasteiger partial charge on any atom is 0.225 e. The lowest BCUT2D eigenvalue weighted by molar-refractivity contribution is 0.586. The van der Waals surface area contributed by atoms with Gasteiger partial charge in [-0.25, -0.2) is 9.97 Å². The lowest BCUT2D eigenvalue weighted by atomic mass is 10.3. The van der Waals surface area contributed by atoms with Crippen LogP contribution >= 0.6 is 11.3 Å². The Morgan fingerprint density at radius 1 is 1.29 bits per heavy atom. The maximum atomic E-state index is 4.70. The van der Waals surface area contributed by atoms with E-state index in [1.54, 1.807) is 11.3 Å². The zero-order valence-electron chi connectivity index (χ0n) is 11.8. The first-order chi connectivity index (χ1) is 10.4. The van der Waals surface area contributed by atoms with Gasteiger partial charge in [-0.1, -0.05) is 0 Å². The number of rotatable bonds is 2. The average Bonchev–Trinajstić information content (AvgIpc) is 2.93. The minimum Gasteiger partial charge on any atom is -0.357 e. The third-order valence-corrected chi connectivity index (χ3v) is 4.81. The second kappa shape index (κ2) is 5.09. The zero-order valence-corrected chi connectivity index (χ0v) is 12.6. The number of pyridine rings is 1. The topological polar surface area (TPSA) is 66.0 Å². The molecule has 4 rings (SSSR count). The van der Waals surface area contributed by atoms with Crippen LogP contribution in [0.25, 0.3) is 20.4 Å². The summed E-state index contributed by atoms with van der Waals surface area (Å²) in [7, 11) is 1.86. The molecule has 2 N–H and O–H groups in total. The summed E-state index contributed by atoms with van der Waals surface area (Å²) in [6, 6.07) is 4.04. The minimum absolute atomic E-state index is 0.666. The second-order valence-corrected chi connectivity index (χ2v) is 5.99. The summed E-state index contributed by atoms with van der Waals surface area (Å²) in [6.45, 7) is 3.92. The third kappa shape index (κ3) is 2.09. The van der Waals surface area contributed by atoms with Crippen LogP contribution < -0.4 is 15.5 Å². The van der Waals surface area contributed by atoms with Crippen molar-refractivity contribution in [2.75, 3.05) is 43.4 Å². The predicted octanol–water partition coefficient (Wildman–Crippen LogP) is 1.69. The van der Waals surface area contributed by atoms with Gasteiger partial charge in [0.05, 0.1) is 10.2 Å². The lowest BCUT2D eigenvalue weighted by Gasteiger charge is -2.28. The fraction of sp³-hybridized carbons (Fsp3) is 0.357. The summed E-state index contributed by atoms with van der Waals surface area (Å²) < 4.78 is 1.13. The summed E-state index contributed by atoms with van der Waals surface area (Å²) in [6.07, 6.45) is 1.83. The van der Waals surface area contributed by atoms with Crippen LogP contribution in [0.1, 0.15) is 0 Å². The number of hydrogen-bond donors (Lipinski definition) is 2. The monoisotopic (exact) mass is 300 g/mol. The van der Waals surface area contributed by atoms with Crippen LogP contribution in [0.4, 0.5) is 11.8 Å². The number of anilines is 2. The van der Waals surface area contributed by atoms with Crippen LogP contribution in [0.5, 0.6) is 0 Å². The summed E-state index contributed by atoms with van der Waals surface area (Å²) in [5, 5.41) is 7.56. The molecule has 1 aliphatic rings. The highest BCUT2D eigenvalue weighted by atomic mass is 32.1. The van der Waals surface area contributed by atoms with Crippen molar-refractivity contribution in [1.29, 1.82) is 0 Å². The smallest absolute Gasteiger partial charge is 0.225 e. The van der Waals surface area contributed by atoms with Crippen molar-refractivity contribution in [3.63, 3.8) is 0 Å². The van der Waals surface area contributed by atoms with Crippen LogP contribution in [-0.2, 0) is 0 Å². The Labute approximate surface area is 126 Å². The molecule has 7 heteroatoms. The van der Waals surface area contributed by atoms with Gasteiger partial charge in [0.25, 0.3) is 0 Å². The van der Waals surface area contributed by atoms with Crippen LogP contribution in [0, 0.1) is 0 Å². The van der Waals surface area contributed by atoms with Crippen molar-refractivity contribution >= 4 is 43.5 Å². The molecule has 0 aliphatic carbocycles. The van der Waals surface area contributed by atoms with Gasteiger partial charge in [0, 0.05) is 44.8 Å². The standard InChI is InChI=1S/C14H16N6S/c1-15-14-18-10-9-3-2-4-17-13(9)21-11(10)12(19-14)20-7-5-16-6-8-20/h2-4,16H,5-8H2,1H3,(H,15,18,19). The maximum absolute atomic E-state index is 4.70. The molecular weight excluding hydrogens is 284 g/mol. The van der Waals surface area contributed by atoms with E-state index in [0.717, 1.165) is 52.4 Å². The lowest BCUT2D eigenvalue weighted by Crippen LogP contribution is -2.44. The number of nitrogens with zero attached hydrogens (tertiary/aromatic N) is 4. The predicted molar refractivity (Wildman–Crippen MR) is 87.3 cm³/mol. The molecule has 0 radical (unpaired) electrons. The Hall–Kier alpha value is -1.99. The largest absolute Gasteiger partial charge is 0.357 e. The molecule has 1 saturated heterocycles. The van der Waals surface area contributed by atoms with Crippen molar-refractivity contribution in [2.45, 2.75) is 0 Å². The summed E-state index contributed by atoms with van der Waals surface area (Å²) in [4.78, 5) is 17.1. The van der Waals surface area contributed by atoms with Crippen LogP contribution in [0.3, 0.4) is 0 Å². The Balaban J connectivity index is 1.99. The fourth-order valence-corrected chi connectivity index (χ4v) is 3.77. The van der Waals surface area contributed by atoms with Crippen LogP contribution in [-0.4, -0.2) is 48.2 Å². The highest BCUT2D eigenvalue weighted by Crippen LogP contribution is 2.37. The SMILES string of the molecule is CNc1nc(N2CCNCC2)c2sc3ncccc3c2n1.